The largest absolute Gasteiger partial charge is 0.452 e. The molecule has 0 N–H and O–H groups in total. The zero-order valence-corrected chi connectivity index (χ0v) is 14.6. The molecule has 0 fully saturated rings. The van der Waals surface area contributed by atoms with Gasteiger partial charge in [0.2, 0.25) is 0 Å². The molecule has 3 rings (SSSR count). The predicted octanol–water partition coefficient (Wildman–Crippen LogP) is 3.10. The van der Waals surface area contributed by atoms with Crippen molar-refractivity contribution in [2.24, 2.45) is 0 Å². The van der Waals surface area contributed by atoms with Crippen LogP contribution in [0.3, 0.4) is 0 Å². The van der Waals surface area contributed by atoms with Gasteiger partial charge in [-0.2, -0.15) is 0 Å². The van der Waals surface area contributed by atoms with Crippen molar-refractivity contribution in [2.45, 2.75) is 6.42 Å². The summed E-state index contributed by atoms with van der Waals surface area (Å²) in [5, 5.41) is 10.9. The molecule has 8 heteroatoms. The number of rotatable bonds is 4. The fourth-order valence-electron chi connectivity index (χ4n) is 2.67. The molecule has 0 saturated carbocycles. The van der Waals surface area contributed by atoms with E-state index in [1.165, 1.54) is 12.1 Å². The molecule has 0 saturated heterocycles. The molecule has 0 aromatic heterocycles. The van der Waals surface area contributed by atoms with E-state index in [9.17, 15) is 19.7 Å². The van der Waals surface area contributed by atoms with Crippen LogP contribution in [0.5, 0.6) is 0 Å². The lowest BCUT2D eigenvalue weighted by Crippen LogP contribution is -2.33. The zero-order chi connectivity index (χ0) is 18.0. The van der Waals surface area contributed by atoms with E-state index in [0.29, 0.717) is 6.54 Å². The molecular weight excluding hydrogens is 392 g/mol. The minimum atomic E-state index is -0.781. The van der Waals surface area contributed by atoms with Gasteiger partial charge in [0.05, 0.1) is 15.0 Å². The van der Waals surface area contributed by atoms with Gasteiger partial charge in [-0.15, -0.1) is 0 Å². The summed E-state index contributed by atoms with van der Waals surface area (Å²) < 4.78 is 5.29. The Morgan fingerprint density at radius 2 is 2.00 bits per heavy atom. The molecule has 1 heterocycles. The second-order valence-corrected chi connectivity index (χ2v) is 6.28. The number of carbonyl (C=O) groups excluding carboxylic acids is 2. The first-order valence-corrected chi connectivity index (χ1v) is 8.26. The molecule has 1 amide bonds. The van der Waals surface area contributed by atoms with Crippen molar-refractivity contribution >= 4 is 39.2 Å². The lowest BCUT2D eigenvalue weighted by Gasteiger charge is -2.17. The van der Waals surface area contributed by atoms with Crippen LogP contribution in [-0.4, -0.2) is 30.0 Å². The number of benzene rings is 2. The maximum Gasteiger partial charge on any atom is 0.338 e. The van der Waals surface area contributed by atoms with Crippen molar-refractivity contribution in [1.82, 2.24) is 0 Å². The summed E-state index contributed by atoms with van der Waals surface area (Å²) in [5.74, 6) is -1.11. The number of esters is 1. The summed E-state index contributed by atoms with van der Waals surface area (Å²) in [5.41, 5.74) is 1.67. The highest BCUT2D eigenvalue weighted by atomic mass is 79.9. The van der Waals surface area contributed by atoms with E-state index >= 15 is 0 Å². The average Bonchev–Trinajstić information content (AvgIpc) is 3.03. The Kier molecular flexibility index (Phi) is 4.80. The Morgan fingerprint density at radius 1 is 1.24 bits per heavy atom. The van der Waals surface area contributed by atoms with E-state index in [2.05, 4.69) is 15.9 Å². The summed E-state index contributed by atoms with van der Waals surface area (Å²) in [6.45, 7) is 0.122. The molecule has 1 aliphatic rings. The fraction of sp³-hybridized carbons (Fsp3) is 0.176. The quantitative estimate of drug-likeness (QED) is 0.443. The van der Waals surface area contributed by atoms with E-state index < -0.39 is 17.5 Å². The number of ether oxygens (including phenoxy) is 1. The Bertz CT molecular complexity index is 868. The molecule has 0 aliphatic carbocycles. The van der Waals surface area contributed by atoms with Crippen LogP contribution in [0.4, 0.5) is 11.4 Å². The highest BCUT2D eigenvalue weighted by molar-refractivity contribution is 9.10. The monoisotopic (exact) mass is 404 g/mol. The number of fused-ring (bicyclic) bond motifs is 1. The van der Waals surface area contributed by atoms with Crippen LogP contribution in [0.2, 0.25) is 0 Å². The highest BCUT2D eigenvalue weighted by Crippen LogP contribution is 2.28. The maximum atomic E-state index is 12.3. The Hall–Kier alpha value is -2.74. The van der Waals surface area contributed by atoms with Crippen molar-refractivity contribution in [3.8, 4) is 0 Å². The Labute approximate surface area is 151 Å². The first-order chi connectivity index (χ1) is 12.0. The third-order valence-electron chi connectivity index (χ3n) is 3.89. The van der Waals surface area contributed by atoms with Gasteiger partial charge in [-0.25, -0.2) is 4.79 Å². The minimum absolute atomic E-state index is 0.0181. The topological polar surface area (TPSA) is 89.8 Å². The van der Waals surface area contributed by atoms with Gasteiger partial charge in [-0.1, -0.05) is 18.2 Å². The minimum Gasteiger partial charge on any atom is -0.452 e. The summed E-state index contributed by atoms with van der Waals surface area (Å²) in [6, 6.07) is 11.5. The van der Waals surface area contributed by atoms with Gasteiger partial charge < -0.3 is 9.64 Å². The summed E-state index contributed by atoms with van der Waals surface area (Å²) in [4.78, 5) is 36.3. The summed E-state index contributed by atoms with van der Waals surface area (Å²) in [7, 11) is 0. The van der Waals surface area contributed by atoms with Crippen LogP contribution in [0.15, 0.2) is 46.9 Å². The molecule has 2 aromatic rings. The Balaban J connectivity index is 1.66. The number of para-hydroxylation sites is 1. The number of hydrogen-bond donors (Lipinski definition) is 0. The second-order valence-electron chi connectivity index (χ2n) is 5.42. The number of nitro groups is 1. The van der Waals surface area contributed by atoms with Gasteiger partial charge in [-0.05, 0) is 46.1 Å². The predicted molar refractivity (Wildman–Crippen MR) is 93.6 cm³/mol. The normalized spacial score (nSPS) is 12.6. The zero-order valence-electron chi connectivity index (χ0n) is 13.0. The average molecular weight is 405 g/mol. The molecule has 1 aliphatic heterocycles. The first kappa shape index (κ1) is 17.1. The number of halogens is 1. The van der Waals surface area contributed by atoms with Gasteiger partial charge in [-0.3, -0.25) is 14.9 Å². The first-order valence-electron chi connectivity index (χ1n) is 7.46. The molecule has 2 aromatic carbocycles. The van der Waals surface area contributed by atoms with E-state index in [-0.39, 0.29) is 21.6 Å². The number of anilines is 1. The van der Waals surface area contributed by atoms with Crippen LogP contribution in [0.1, 0.15) is 15.9 Å². The number of carbonyl (C=O) groups is 2. The van der Waals surface area contributed by atoms with Crippen molar-refractivity contribution in [1.29, 1.82) is 0 Å². The van der Waals surface area contributed by atoms with Crippen LogP contribution >= 0.6 is 15.9 Å². The Morgan fingerprint density at radius 3 is 2.76 bits per heavy atom. The lowest BCUT2D eigenvalue weighted by atomic mass is 10.2. The molecule has 0 atom stereocenters. The van der Waals surface area contributed by atoms with Crippen LogP contribution in [-0.2, 0) is 16.0 Å². The molecule has 25 heavy (non-hydrogen) atoms. The van der Waals surface area contributed by atoms with Crippen LogP contribution < -0.4 is 4.90 Å². The van der Waals surface area contributed by atoms with E-state index in [1.54, 1.807) is 4.90 Å². The fourth-order valence-corrected chi connectivity index (χ4v) is 3.06. The SMILES string of the molecule is O=C(OCC(=O)N1CCc2ccccc21)c1ccc(Br)c([N+](=O)[O-])c1. The smallest absolute Gasteiger partial charge is 0.338 e. The van der Waals surface area contributed by atoms with E-state index in [1.807, 2.05) is 24.3 Å². The van der Waals surface area contributed by atoms with Gasteiger partial charge in [0.1, 0.15) is 0 Å². The molecular formula is C17H13BrN2O5. The molecule has 0 unspecified atom stereocenters. The summed E-state index contributed by atoms with van der Waals surface area (Å²) in [6.07, 6.45) is 0.759. The van der Waals surface area contributed by atoms with Gasteiger partial charge >= 0.3 is 5.97 Å². The standard InChI is InChI=1S/C17H13BrN2O5/c18-13-6-5-12(9-15(13)20(23)24)17(22)25-10-16(21)19-8-7-11-3-1-2-4-14(11)19/h1-6,9H,7-8,10H2. The molecule has 128 valence electrons. The van der Waals surface area contributed by atoms with Gasteiger partial charge in [0.15, 0.2) is 6.61 Å². The molecule has 7 nitrogen and oxygen atoms in total. The summed E-state index contributed by atoms with van der Waals surface area (Å²) >= 11 is 3.05. The lowest BCUT2D eigenvalue weighted by molar-refractivity contribution is -0.385. The van der Waals surface area contributed by atoms with Gasteiger partial charge in [0.25, 0.3) is 11.6 Å². The molecule has 0 bridgehead atoms. The van der Waals surface area contributed by atoms with E-state index in [4.69, 9.17) is 4.74 Å². The third kappa shape index (κ3) is 3.53. The van der Waals surface area contributed by atoms with Crippen LogP contribution in [0.25, 0.3) is 0 Å². The molecule has 0 spiro atoms. The number of nitrogens with zero attached hydrogens (tertiary/aromatic N) is 2. The number of nitro benzene ring substituents is 1. The van der Waals surface area contributed by atoms with E-state index in [0.717, 1.165) is 23.7 Å². The maximum absolute atomic E-state index is 12.3. The highest BCUT2D eigenvalue weighted by Gasteiger charge is 2.25. The molecule has 0 radical (unpaired) electrons. The van der Waals surface area contributed by atoms with Crippen molar-refractivity contribution in [3.63, 3.8) is 0 Å². The van der Waals surface area contributed by atoms with Crippen molar-refractivity contribution < 1.29 is 19.2 Å². The van der Waals surface area contributed by atoms with Crippen molar-refractivity contribution in [2.75, 3.05) is 18.1 Å². The van der Waals surface area contributed by atoms with Crippen LogP contribution in [0, 0.1) is 10.1 Å². The van der Waals surface area contributed by atoms with Crippen molar-refractivity contribution in [3.05, 3.63) is 68.2 Å². The third-order valence-corrected chi connectivity index (χ3v) is 4.56. The van der Waals surface area contributed by atoms with Gasteiger partial charge in [0, 0.05) is 18.3 Å². The number of amides is 1. The second kappa shape index (κ2) is 7.02. The number of hydrogen-bond acceptors (Lipinski definition) is 5.